The van der Waals surface area contributed by atoms with Crippen LogP contribution in [0.15, 0.2) is 18.2 Å². The maximum Gasteiger partial charge on any atom is 0.0819 e. The Balaban J connectivity index is 1.99. The monoisotopic (exact) mass is 220 g/mol. The fourth-order valence-electron chi connectivity index (χ4n) is 2.35. The highest BCUT2D eigenvalue weighted by molar-refractivity contribution is 5.57. The zero-order chi connectivity index (χ0) is 11.6. The molecule has 0 amide bonds. The minimum Gasteiger partial charge on any atom is -0.399 e. The second kappa shape index (κ2) is 4.34. The van der Waals surface area contributed by atoms with Crippen molar-refractivity contribution in [3.8, 4) is 0 Å². The van der Waals surface area contributed by atoms with Crippen molar-refractivity contribution in [3.05, 3.63) is 23.8 Å². The molecule has 0 heterocycles. The molecule has 1 aromatic rings. The Bertz CT molecular complexity index is 370. The summed E-state index contributed by atoms with van der Waals surface area (Å²) in [4.78, 5) is 0. The third kappa shape index (κ3) is 2.47. The highest BCUT2D eigenvalue weighted by atomic mass is 16.3. The van der Waals surface area contributed by atoms with Crippen LogP contribution >= 0.6 is 0 Å². The summed E-state index contributed by atoms with van der Waals surface area (Å²) < 4.78 is 0. The van der Waals surface area contributed by atoms with Crippen molar-refractivity contribution in [2.45, 2.75) is 38.2 Å². The highest BCUT2D eigenvalue weighted by Gasteiger charge is 2.30. The molecule has 4 N–H and O–H groups in total. The molecule has 16 heavy (non-hydrogen) atoms. The molecule has 0 unspecified atom stereocenters. The van der Waals surface area contributed by atoms with Gasteiger partial charge in [-0.25, -0.2) is 0 Å². The fourth-order valence-corrected chi connectivity index (χ4v) is 2.35. The van der Waals surface area contributed by atoms with Crippen LogP contribution in [-0.2, 0) is 0 Å². The van der Waals surface area contributed by atoms with Crippen molar-refractivity contribution in [1.82, 2.24) is 0 Å². The summed E-state index contributed by atoms with van der Waals surface area (Å²) in [6.45, 7) is 2.66. The van der Waals surface area contributed by atoms with Crippen molar-refractivity contribution >= 4 is 11.4 Å². The molecule has 0 bridgehead atoms. The molecular formula is C13H20N2O. The van der Waals surface area contributed by atoms with Crippen molar-refractivity contribution in [2.24, 2.45) is 0 Å². The molecule has 1 aliphatic rings. The van der Waals surface area contributed by atoms with E-state index in [1.807, 2.05) is 25.1 Å². The lowest BCUT2D eigenvalue weighted by molar-refractivity contribution is 0.0615. The van der Waals surface area contributed by atoms with Gasteiger partial charge in [-0.05, 0) is 43.5 Å². The van der Waals surface area contributed by atoms with Crippen molar-refractivity contribution in [2.75, 3.05) is 17.6 Å². The molecule has 0 radical (unpaired) electrons. The molecule has 0 atom stereocenters. The van der Waals surface area contributed by atoms with Crippen LogP contribution in [0, 0.1) is 6.92 Å². The number of hydrogen-bond donors (Lipinski definition) is 3. The number of nitrogen functional groups attached to an aromatic ring is 1. The van der Waals surface area contributed by atoms with Crippen LogP contribution in [0.3, 0.4) is 0 Å². The first-order valence-electron chi connectivity index (χ1n) is 5.91. The van der Waals surface area contributed by atoms with Gasteiger partial charge < -0.3 is 16.2 Å². The van der Waals surface area contributed by atoms with Gasteiger partial charge in [-0.15, -0.1) is 0 Å². The maximum absolute atomic E-state index is 10.2. The second-order valence-electron chi connectivity index (χ2n) is 4.86. The third-order valence-electron chi connectivity index (χ3n) is 3.39. The number of nitrogens with two attached hydrogens (primary N) is 1. The van der Waals surface area contributed by atoms with Gasteiger partial charge in [0.15, 0.2) is 0 Å². The first kappa shape index (κ1) is 11.3. The zero-order valence-electron chi connectivity index (χ0n) is 9.79. The van der Waals surface area contributed by atoms with Gasteiger partial charge in [0, 0.05) is 17.9 Å². The van der Waals surface area contributed by atoms with E-state index in [4.69, 9.17) is 5.73 Å². The average molecular weight is 220 g/mol. The number of nitrogens with one attached hydrogen (secondary N) is 1. The Hall–Kier alpha value is -1.22. The van der Waals surface area contributed by atoms with Gasteiger partial charge in [0.2, 0.25) is 0 Å². The predicted octanol–water partition coefficient (Wildman–Crippen LogP) is 2.29. The Morgan fingerprint density at radius 1 is 1.38 bits per heavy atom. The molecule has 1 aliphatic carbocycles. The number of hydrogen-bond acceptors (Lipinski definition) is 3. The van der Waals surface area contributed by atoms with Gasteiger partial charge in [0.05, 0.1) is 5.60 Å². The summed E-state index contributed by atoms with van der Waals surface area (Å²) >= 11 is 0. The summed E-state index contributed by atoms with van der Waals surface area (Å²) in [5, 5.41) is 13.5. The van der Waals surface area contributed by atoms with Crippen molar-refractivity contribution in [1.29, 1.82) is 0 Å². The lowest BCUT2D eigenvalue weighted by Crippen LogP contribution is -2.33. The van der Waals surface area contributed by atoms with Gasteiger partial charge in [-0.2, -0.15) is 0 Å². The Morgan fingerprint density at radius 2 is 2.06 bits per heavy atom. The summed E-state index contributed by atoms with van der Waals surface area (Å²) in [6.07, 6.45) is 4.10. The molecule has 3 heteroatoms. The third-order valence-corrected chi connectivity index (χ3v) is 3.39. The standard InChI is InChI=1S/C13H20N2O/c1-10-8-11(14)4-5-12(10)15-9-13(16)6-2-3-7-13/h4-5,8,15-16H,2-3,6-7,9,14H2,1H3. The molecule has 1 aromatic carbocycles. The lowest BCUT2D eigenvalue weighted by Gasteiger charge is -2.23. The molecule has 1 fully saturated rings. The van der Waals surface area contributed by atoms with Crippen LogP contribution in [0.2, 0.25) is 0 Å². The first-order valence-corrected chi connectivity index (χ1v) is 5.91. The van der Waals surface area contributed by atoms with Crippen LogP contribution < -0.4 is 11.1 Å². The quantitative estimate of drug-likeness (QED) is 0.685. The van der Waals surface area contributed by atoms with E-state index in [9.17, 15) is 5.11 Å². The molecule has 1 saturated carbocycles. The van der Waals surface area contributed by atoms with E-state index >= 15 is 0 Å². The van der Waals surface area contributed by atoms with Crippen LogP contribution in [0.25, 0.3) is 0 Å². The minimum absolute atomic E-state index is 0.506. The highest BCUT2D eigenvalue weighted by Crippen LogP contribution is 2.30. The van der Waals surface area contributed by atoms with Gasteiger partial charge in [0.1, 0.15) is 0 Å². The average Bonchev–Trinajstić information content (AvgIpc) is 2.64. The Morgan fingerprint density at radius 3 is 2.69 bits per heavy atom. The number of aryl methyl sites for hydroxylation is 1. The number of benzene rings is 1. The summed E-state index contributed by atoms with van der Waals surface area (Å²) in [6, 6.07) is 5.80. The van der Waals surface area contributed by atoms with E-state index in [0.29, 0.717) is 6.54 Å². The van der Waals surface area contributed by atoms with Crippen LogP contribution in [0.1, 0.15) is 31.2 Å². The Kier molecular flexibility index (Phi) is 3.06. The molecule has 0 aliphatic heterocycles. The maximum atomic E-state index is 10.2. The number of aliphatic hydroxyl groups is 1. The number of rotatable bonds is 3. The van der Waals surface area contributed by atoms with E-state index in [-0.39, 0.29) is 0 Å². The predicted molar refractivity (Wildman–Crippen MR) is 67.5 cm³/mol. The molecule has 2 rings (SSSR count). The summed E-state index contributed by atoms with van der Waals surface area (Å²) in [5.74, 6) is 0. The van der Waals surface area contributed by atoms with Crippen LogP contribution in [-0.4, -0.2) is 17.3 Å². The molecular weight excluding hydrogens is 200 g/mol. The molecule has 3 nitrogen and oxygen atoms in total. The molecule has 0 aromatic heterocycles. The molecule has 88 valence electrons. The first-order chi connectivity index (χ1) is 7.59. The van der Waals surface area contributed by atoms with E-state index in [1.54, 1.807) is 0 Å². The lowest BCUT2D eigenvalue weighted by atomic mass is 10.0. The van der Waals surface area contributed by atoms with Crippen molar-refractivity contribution in [3.63, 3.8) is 0 Å². The van der Waals surface area contributed by atoms with Gasteiger partial charge >= 0.3 is 0 Å². The smallest absolute Gasteiger partial charge is 0.0819 e. The molecule has 0 spiro atoms. The van der Waals surface area contributed by atoms with E-state index in [0.717, 1.165) is 42.6 Å². The van der Waals surface area contributed by atoms with Crippen molar-refractivity contribution < 1.29 is 5.11 Å². The van der Waals surface area contributed by atoms with E-state index < -0.39 is 5.60 Å². The second-order valence-corrected chi connectivity index (χ2v) is 4.86. The summed E-state index contributed by atoms with van der Waals surface area (Å²) in [5.41, 5.74) is 8.16. The largest absolute Gasteiger partial charge is 0.399 e. The van der Waals surface area contributed by atoms with Crippen LogP contribution in [0.5, 0.6) is 0 Å². The SMILES string of the molecule is Cc1cc(N)ccc1NCC1(O)CCCC1. The number of anilines is 2. The molecule has 0 saturated heterocycles. The fraction of sp³-hybridized carbons (Fsp3) is 0.538. The van der Waals surface area contributed by atoms with Crippen LogP contribution in [0.4, 0.5) is 11.4 Å². The minimum atomic E-state index is -0.506. The normalized spacial score (nSPS) is 18.6. The van der Waals surface area contributed by atoms with E-state index in [2.05, 4.69) is 5.32 Å². The van der Waals surface area contributed by atoms with Gasteiger partial charge in [-0.3, -0.25) is 0 Å². The topological polar surface area (TPSA) is 58.3 Å². The zero-order valence-corrected chi connectivity index (χ0v) is 9.79. The van der Waals surface area contributed by atoms with Gasteiger partial charge in [0.25, 0.3) is 0 Å². The van der Waals surface area contributed by atoms with Gasteiger partial charge in [-0.1, -0.05) is 12.8 Å². The Labute approximate surface area is 96.7 Å². The van der Waals surface area contributed by atoms with E-state index in [1.165, 1.54) is 0 Å². The summed E-state index contributed by atoms with van der Waals surface area (Å²) in [7, 11) is 0.